The van der Waals surface area contributed by atoms with Crippen LogP contribution in [-0.4, -0.2) is 53.3 Å². The van der Waals surface area contributed by atoms with E-state index in [0.717, 1.165) is 36.6 Å². The van der Waals surface area contributed by atoms with Crippen molar-refractivity contribution in [2.45, 2.75) is 32.7 Å². The molecule has 0 unspecified atom stereocenters. The normalized spacial score (nSPS) is 18.1. The SMILES string of the molecule is Cc1csc([C@H](C)N(C)C(=O)C2CCN(CC(N)=O)CC2)n1. The molecule has 0 bridgehead atoms. The Labute approximate surface area is 135 Å². The first-order chi connectivity index (χ1) is 10.4. The quantitative estimate of drug-likeness (QED) is 0.882. The molecule has 2 N–H and O–H groups in total. The lowest BCUT2D eigenvalue weighted by molar-refractivity contribution is -0.137. The molecule has 7 heteroatoms. The molecule has 0 aromatic carbocycles. The Morgan fingerprint density at radius 2 is 2.14 bits per heavy atom. The summed E-state index contributed by atoms with van der Waals surface area (Å²) < 4.78 is 0. The summed E-state index contributed by atoms with van der Waals surface area (Å²) >= 11 is 1.59. The van der Waals surface area contributed by atoms with Crippen molar-refractivity contribution in [3.05, 3.63) is 16.1 Å². The molecule has 0 aliphatic carbocycles. The number of nitrogens with zero attached hydrogens (tertiary/aromatic N) is 3. The van der Waals surface area contributed by atoms with E-state index in [2.05, 4.69) is 4.98 Å². The Balaban J connectivity index is 1.90. The van der Waals surface area contributed by atoms with Crippen molar-refractivity contribution in [1.29, 1.82) is 0 Å². The molecule has 122 valence electrons. The Kier molecular flexibility index (Phi) is 5.52. The lowest BCUT2D eigenvalue weighted by Crippen LogP contribution is -2.44. The standard InChI is InChI=1S/C15H24N4O2S/c1-10-9-22-14(17-10)11(2)18(3)15(21)12-4-6-19(7-5-12)8-13(16)20/h9,11-12H,4-8H2,1-3H3,(H2,16,20)/t11-/m0/s1. The number of thiazole rings is 1. The molecule has 1 atom stereocenters. The van der Waals surface area contributed by atoms with Crippen LogP contribution in [0.3, 0.4) is 0 Å². The van der Waals surface area contributed by atoms with Gasteiger partial charge in [-0.3, -0.25) is 14.5 Å². The van der Waals surface area contributed by atoms with Gasteiger partial charge in [-0.15, -0.1) is 11.3 Å². The van der Waals surface area contributed by atoms with Crippen LogP contribution in [0.5, 0.6) is 0 Å². The van der Waals surface area contributed by atoms with Gasteiger partial charge in [0.15, 0.2) is 0 Å². The predicted octanol–water partition coefficient (Wildman–Crippen LogP) is 1.17. The number of amides is 2. The predicted molar refractivity (Wildman–Crippen MR) is 86.4 cm³/mol. The topological polar surface area (TPSA) is 79.5 Å². The Morgan fingerprint density at radius 3 is 2.64 bits per heavy atom. The number of carbonyl (C=O) groups is 2. The van der Waals surface area contributed by atoms with E-state index in [0.29, 0.717) is 0 Å². The second-order valence-electron chi connectivity index (χ2n) is 5.97. The molecule has 1 aromatic heterocycles. The molecule has 1 fully saturated rings. The summed E-state index contributed by atoms with van der Waals surface area (Å²) in [4.78, 5) is 31.9. The summed E-state index contributed by atoms with van der Waals surface area (Å²) in [5, 5.41) is 2.98. The summed E-state index contributed by atoms with van der Waals surface area (Å²) in [6.45, 7) is 5.75. The van der Waals surface area contributed by atoms with Gasteiger partial charge in [0, 0.05) is 24.0 Å². The minimum Gasteiger partial charge on any atom is -0.369 e. The van der Waals surface area contributed by atoms with E-state index in [1.54, 1.807) is 16.2 Å². The lowest BCUT2D eigenvalue weighted by Gasteiger charge is -2.34. The van der Waals surface area contributed by atoms with Crippen LogP contribution in [0.15, 0.2) is 5.38 Å². The fourth-order valence-corrected chi connectivity index (χ4v) is 3.66. The first-order valence-electron chi connectivity index (χ1n) is 7.58. The summed E-state index contributed by atoms with van der Waals surface area (Å²) in [7, 11) is 1.85. The number of hydrogen-bond donors (Lipinski definition) is 1. The van der Waals surface area contributed by atoms with Crippen LogP contribution in [0.1, 0.15) is 36.5 Å². The summed E-state index contributed by atoms with van der Waals surface area (Å²) in [6.07, 6.45) is 1.56. The van der Waals surface area contributed by atoms with Gasteiger partial charge in [-0.1, -0.05) is 0 Å². The highest BCUT2D eigenvalue weighted by molar-refractivity contribution is 7.09. The second kappa shape index (κ2) is 7.19. The van der Waals surface area contributed by atoms with E-state index < -0.39 is 0 Å². The average molecular weight is 324 g/mol. The molecule has 6 nitrogen and oxygen atoms in total. The minimum atomic E-state index is -0.311. The van der Waals surface area contributed by atoms with E-state index in [4.69, 9.17) is 5.73 Å². The number of likely N-dealkylation sites (tertiary alicyclic amines) is 1. The lowest BCUT2D eigenvalue weighted by atomic mass is 9.95. The Bertz CT molecular complexity index is 537. The number of primary amides is 1. The highest BCUT2D eigenvalue weighted by Gasteiger charge is 2.30. The van der Waals surface area contributed by atoms with Crippen LogP contribution >= 0.6 is 11.3 Å². The maximum Gasteiger partial charge on any atom is 0.231 e. The summed E-state index contributed by atoms with van der Waals surface area (Å²) in [5.41, 5.74) is 6.20. The summed E-state index contributed by atoms with van der Waals surface area (Å²) in [5.74, 6) is -0.119. The average Bonchev–Trinajstić information content (AvgIpc) is 2.91. The Morgan fingerprint density at radius 1 is 1.50 bits per heavy atom. The molecule has 0 radical (unpaired) electrons. The fourth-order valence-electron chi connectivity index (χ4n) is 2.77. The number of piperidine rings is 1. The Hall–Kier alpha value is -1.47. The smallest absolute Gasteiger partial charge is 0.231 e. The van der Waals surface area contributed by atoms with Crippen LogP contribution in [0.25, 0.3) is 0 Å². The van der Waals surface area contributed by atoms with E-state index in [1.165, 1.54) is 0 Å². The molecule has 1 saturated heterocycles. The van der Waals surface area contributed by atoms with Crippen molar-refractivity contribution < 1.29 is 9.59 Å². The van der Waals surface area contributed by atoms with E-state index in [9.17, 15) is 9.59 Å². The van der Waals surface area contributed by atoms with Gasteiger partial charge in [0.1, 0.15) is 5.01 Å². The first kappa shape index (κ1) is 16.9. The van der Waals surface area contributed by atoms with Crippen molar-refractivity contribution >= 4 is 23.2 Å². The van der Waals surface area contributed by atoms with Gasteiger partial charge in [-0.2, -0.15) is 0 Å². The molecular weight excluding hydrogens is 300 g/mol. The molecule has 2 amide bonds. The monoisotopic (exact) mass is 324 g/mol. The number of nitrogens with two attached hydrogens (primary N) is 1. The van der Waals surface area contributed by atoms with Gasteiger partial charge >= 0.3 is 0 Å². The van der Waals surface area contributed by atoms with Crippen LogP contribution in [0, 0.1) is 12.8 Å². The molecule has 1 aliphatic heterocycles. The zero-order valence-electron chi connectivity index (χ0n) is 13.4. The van der Waals surface area contributed by atoms with Gasteiger partial charge in [0.05, 0.1) is 12.6 Å². The largest absolute Gasteiger partial charge is 0.369 e. The fraction of sp³-hybridized carbons (Fsp3) is 0.667. The molecule has 0 spiro atoms. The zero-order chi connectivity index (χ0) is 16.3. The van der Waals surface area contributed by atoms with Crippen LogP contribution in [0.4, 0.5) is 0 Å². The number of rotatable bonds is 5. The summed E-state index contributed by atoms with van der Waals surface area (Å²) in [6, 6.07) is -0.00477. The number of aromatic nitrogens is 1. The minimum absolute atomic E-state index is 0.00477. The van der Waals surface area contributed by atoms with Gasteiger partial charge < -0.3 is 10.6 Å². The molecule has 0 saturated carbocycles. The van der Waals surface area contributed by atoms with Crippen LogP contribution < -0.4 is 5.73 Å². The van der Waals surface area contributed by atoms with Gasteiger partial charge in [0.2, 0.25) is 11.8 Å². The van der Waals surface area contributed by atoms with Crippen molar-refractivity contribution in [2.75, 3.05) is 26.7 Å². The third-order valence-corrected chi connectivity index (χ3v) is 5.37. The van der Waals surface area contributed by atoms with E-state index in [1.807, 2.05) is 31.2 Å². The van der Waals surface area contributed by atoms with Crippen molar-refractivity contribution in [3.63, 3.8) is 0 Å². The molecule has 22 heavy (non-hydrogen) atoms. The number of aryl methyl sites for hydroxylation is 1. The van der Waals surface area contributed by atoms with Gasteiger partial charge in [0.25, 0.3) is 0 Å². The number of hydrogen-bond acceptors (Lipinski definition) is 5. The molecule has 2 rings (SSSR count). The zero-order valence-corrected chi connectivity index (χ0v) is 14.2. The first-order valence-corrected chi connectivity index (χ1v) is 8.45. The molecule has 1 aromatic rings. The molecular formula is C15H24N4O2S. The third-order valence-electron chi connectivity index (χ3n) is 4.24. The van der Waals surface area contributed by atoms with Crippen molar-refractivity contribution in [1.82, 2.24) is 14.8 Å². The van der Waals surface area contributed by atoms with Crippen LogP contribution in [0.2, 0.25) is 0 Å². The maximum absolute atomic E-state index is 12.6. The van der Waals surface area contributed by atoms with Crippen molar-refractivity contribution in [2.24, 2.45) is 11.7 Å². The highest BCUT2D eigenvalue weighted by Crippen LogP contribution is 2.26. The molecule has 2 heterocycles. The van der Waals surface area contributed by atoms with E-state index in [-0.39, 0.29) is 30.3 Å². The third kappa shape index (κ3) is 4.04. The van der Waals surface area contributed by atoms with Gasteiger partial charge in [-0.25, -0.2) is 4.98 Å². The maximum atomic E-state index is 12.6. The molecule has 1 aliphatic rings. The van der Waals surface area contributed by atoms with E-state index >= 15 is 0 Å². The number of carbonyl (C=O) groups excluding carboxylic acids is 2. The van der Waals surface area contributed by atoms with Gasteiger partial charge in [-0.05, 0) is 39.8 Å². The highest BCUT2D eigenvalue weighted by atomic mass is 32.1. The van der Waals surface area contributed by atoms with Crippen molar-refractivity contribution in [3.8, 4) is 0 Å². The second-order valence-corrected chi connectivity index (χ2v) is 6.86. The van der Waals surface area contributed by atoms with Crippen LogP contribution in [-0.2, 0) is 9.59 Å².